The van der Waals surface area contributed by atoms with Gasteiger partial charge in [-0.2, -0.15) is 0 Å². The number of halogens is 1. The Balaban J connectivity index is 0.708. The number of nitrogens with zero attached hydrogens (tertiary/aromatic N) is 4. The fraction of sp³-hybridized carbons (Fsp3) is 0.429. The van der Waals surface area contributed by atoms with Crippen molar-refractivity contribution < 1.29 is 28.7 Å². The predicted molar refractivity (Wildman–Crippen MR) is 226 cm³/mol. The Bertz CT molecular complexity index is 2290. The minimum Gasteiger partial charge on any atom is -0.508 e. The number of likely N-dealkylation sites (tertiary alicyclic amines) is 1. The fourth-order valence-electron chi connectivity index (χ4n) is 11.2. The van der Waals surface area contributed by atoms with E-state index in [1.807, 2.05) is 12.1 Å². The van der Waals surface area contributed by atoms with Crippen molar-refractivity contribution in [3.8, 4) is 5.75 Å². The summed E-state index contributed by atoms with van der Waals surface area (Å²) in [4.78, 5) is 58.8. The Kier molecular flexibility index (Phi) is 10.1. The zero-order chi connectivity index (χ0) is 41.1. The molecule has 0 spiro atoms. The predicted octanol–water partition coefficient (Wildman–Crippen LogP) is 6.69. The van der Waals surface area contributed by atoms with Gasteiger partial charge < -0.3 is 14.9 Å². The summed E-state index contributed by atoms with van der Waals surface area (Å²) in [6, 6.07) is 28.4. The molecule has 1 unspecified atom stereocenters. The molecule has 3 saturated heterocycles. The zero-order valence-corrected chi connectivity index (χ0v) is 34.0. The minimum atomic E-state index is -1.30. The molecule has 11 heteroatoms. The zero-order valence-electron chi connectivity index (χ0n) is 34.0. The Morgan fingerprint density at radius 1 is 0.700 bits per heavy atom. The van der Waals surface area contributed by atoms with Gasteiger partial charge in [-0.05, 0) is 127 Å². The first-order valence-electron chi connectivity index (χ1n) is 21.8. The normalized spacial score (nSPS) is 24.6. The van der Waals surface area contributed by atoms with Crippen LogP contribution in [0.2, 0.25) is 0 Å². The molecule has 0 aromatic heterocycles. The molecule has 10 nitrogen and oxygen atoms in total. The summed E-state index contributed by atoms with van der Waals surface area (Å²) in [7, 11) is 0. The summed E-state index contributed by atoms with van der Waals surface area (Å²) >= 11 is 0. The first-order valence-corrected chi connectivity index (χ1v) is 21.8. The number of alkyl halides is 1. The van der Waals surface area contributed by atoms with Gasteiger partial charge in [0, 0.05) is 70.4 Å². The summed E-state index contributed by atoms with van der Waals surface area (Å²) in [5.74, 6) is -0.515. The van der Waals surface area contributed by atoms with E-state index >= 15 is 4.39 Å². The lowest BCUT2D eigenvalue weighted by Gasteiger charge is -2.41. The number of phenolic OH excluding ortho intramolecular Hbond substituents is 1. The standard InChI is InChI=1S/C49H52FN5O5/c50-49(30-53-28-35-25-41-42(26-36(35)29-53)48(60)55(47(41)59)43-14-15-44(57)51-46(43)58)18-22-52(23-19-49)27-31-16-20-54(21-17-31)37-9-6-33(7-10-37)45-39(32-4-2-1-3-5-32)12-8-34-24-38(56)11-13-40(34)45/h1-7,9-11,13,24-26,31,39,43,45,56H,8,12,14-23,27-30H2,(H,51,57,58)/t39-,43?,45+/m1/s1. The van der Waals surface area contributed by atoms with Gasteiger partial charge in [0.15, 0.2) is 0 Å². The highest BCUT2D eigenvalue weighted by atomic mass is 19.1. The monoisotopic (exact) mass is 809 g/mol. The average molecular weight is 810 g/mol. The van der Waals surface area contributed by atoms with Crippen molar-refractivity contribution in [1.82, 2.24) is 20.0 Å². The van der Waals surface area contributed by atoms with Crippen LogP contribution < -0.4 is 10.2 Å². The summed E-state index contributed by atoms with van der Waals surface area (Å²) in [6.45, 7) is 5.81. The number of aromatic hydroxyl groups is 1. The molecule has 4 amide bonds. The molecule has 310 valence electrons. The second-order valence-electron chi connectivity index (χ2n) is 18.1. The van der Waals surface area contributed by atoms with Crippen LogP contribution in [0.1, 0.15) is 111 Å². The number of hydrogen-bond acceptors (Lipinski definition) is 8. The summed E-state index contributed by atoms with van der Waals surface area (Å²) in [6.07, 6.45) is 5.40. The largest absolute Gasteiger partial charge is 0.508 e. The lowest BCUT2D eigenvalue weighted by molar-refractivity contribution is -0.136. The lowest BCUT2D eigenvalue weighted by atomic mass is 9.69. The molecular weight excluding hydrogens is 758 g/mol. The number of imide groups is 2. The van der Waals surface area contributed by atoms with Crippen LogP contribution in [-0.4, -0.2) is 94.4 Å². The van der Waals surface area contributed by atoms with Crippen molar-refractivity contribution >= 4 is 29.3 Å². The van der Waals surface area contributed by atoms with Crippen molar-refractivity contribution in [3.63, 3.8) is 0 Å². The molecule has 4 aromatic rings. The Hall–Kier alpha value is -5.39. The van der Waals surface area contributed by atoms with E-state index in [0.29, 0.717) is 50.1 Å². The first-order chi connectivity index (χ1) is 29.1. The number of rotatable bonds is 8. The minimum absolute atomic E-state index is 0.0796. The topological polar surface area (TPSA) is 114 Å². The molecule has 0 saturated carbocycles. The third-order valence-corrected chi connectivity index (χ3v) is 14.4. The molecule has 3 fully saturated rings. The number of phenols is 1. The molecule has 60 heavy (non-hydrogen) atoms. The van der Waals surface area contributed by atoms with Crippen molar-refractivity contribution in [3.05, 3.63) is 129 Å². The SMILES string of the molecule is O=C1CCC(N2C(=O)c3cc4c(cc3C2=O)CN(CC2(F)CCN(CC3CCN(c5ccc([C@@H]6c7ccc(O)cc7CC[C@@H]6c6ccccc6)cc5)CC3)CC2)C4)C(=O)N1. The molecular formula is C49H52FN5O5. The summed E-state index contributed by atoms with van der Waals surface area (Å²) < 4.78 is 16.4. The van der Waals surface area contributed by atoms with Crippen LogP contribution in [0.4, 0.5) is 10.1 Å². The smallest absolute Gasteiger partial charge is 0.262 e. The lowest BCUT2D eigenvalue weighted by Crippen LogP contribution is -2.54. The second kappa shape index (κ2) is 15.6. The van der Waals surface area contributed by atoms with E-state index in [0.717, 1.165) is 74.4 Å². The molecule has 0 radical (unpaired) electrons. The molecule has 5 heterocycles. The van der Waals surface area contributed by atoms with Gasteiger partial charge in [-0.15, -0.1) is 0 Å². The first kappa shape index (κ1) is 38.8. The van der Waals surface area contributed by atoms with Crippen LogP contribution in [0.3, 0.4) is 0 Å². The maximum Gasteiger partial charge on any atom is 0.262 e. The molecule has 2 N–H and O–H groups in total. The highest BCUT2D eigenvalue weighted by Gasteiger charge is 2.46. The van der Waals surface area contributed by atoms with Crippen LogP contribution >= 0.6 is 0 Å². The van der Waals surface area contributed by atoms with E-state index in [2.05, 4.69) is 80.7 Å². The number of nitrogens with one attached hydrogen (secondary N) is 1. The number of piperidine rings is 3. The number of aryl methyl sites for hydroxylation is 1. The molecule has 1 aliphatic carbocycles. The molecule has 6 aliphatic rings. The van der Waals surface area contributed by atoms with Gasteiger partial charge in [0.05, 0.1) is 11.1 Å². The Labute approximate surface area is 350 Å². The van der Waals surface area contributed by atoms with Gasteiger partial charge in [-0.25, -0.2) is 4.39 Å². The van der Waals surface area contributed by atoms with Gasteiger partial charge in [-0.3, -0.25) is 34.3 Å². The van der Waals surface area contributed by atoms with E-state index < -0.39 is 35.3 Å². The van der Waals surface area contributed by atoms with Crippen molar-refractivity contribution in [2.75, 3.05) is 44.2 Å². The van der Waals surface area contributed by atoms with E-state index in [-0.39, 0.29) is 29.9 Å². The highest BCUT2D eigenvalue weighted by Crippen LogP contribution is 2.47. The van der Waals surface area contributed by atoms with Gasteiger partial charge >= 0.3 is 0 Å². The maximum atomic E-state index is 16.4. The molecule has 4 aromatic carbocycles. The van der Waals surface area contributed by atoms with Gasteiger partial charge in [0.25, 0.3) is 11.8 Å². The Morgan fingerprint density at radius 3 is 2.05 bits per heavy atom. The second-order valence-corrected chi connectivity index (χ2v) is 18.1. The van der Waals surface area contributed by atoms with Gasteiger partial charge in [-0.1, -0.05) is 48.5 Å². The van der Waals surface area contributed by atoms with Gasteiger partial charge in [0.2, 0.25) is 11.8 Å². The molecule has 3 atom stereocenters. The Morgan fingerprint density at radius 2 is 1.38 bits per heavy atom. The molecule has 10 rings (SSSR count). The average Bonchev–Trinajstić information content (AvgIpc) is 3.76. The molecule has 5 aliphatic heterocycles. The quantitative estimate of drug-likeness (QED) is 0.190. The highest BCUT2D eigenvalue weighted by molar-refractivity contribution is 6.23. The maximum absolute atomic E-state index is 16.4. The van der Waals surface area contributed by atoms with E-state index in [1.165, 1.54) is 27.9 Å². The van der Waals surface area contributed by atoms with E-state index in [1.54, 1.807) is 12.1 Å². The van der Waals surface area contributed by atoms with Crippen LogP contribution in [0, 0.1) is 5.92 Å². The van der Waals surface area contributed by atoms with Gasteiger partial charge in [0.1, 0.15) is 17.5 Å². The summed E-state index contributed by atoms with van der Waals surface area (Å²) in [5.41, 5.74) is 7.58. The van der Waals surface area contributed by atoms with Crippen molar-refractivity contribution in [2.24, 2.45) is 5.92 Å². The van der Waals surface area contributed by atoms with Crippen LogP contribution in [0.25, 0.3) is 0 Å². The number of anilines is 1. The van der Waals surface area contributed by atoms with Crippen LogP contribution in [0.5, 0.6) is 5.75 Å². The number of carbonyl (C=O) groups is 4. The number of amides is 4. The van der Waals surface area contributed by atoms with E-state index in [4.69, 9.17) is 0 Å². The third-order valence-electron chi connectivity index (χ3n) is 14.4. The number of benzene rings is 4. The van der Waals surface area contributed by atoms with Crippen LogP contribution in [0.15, 0.2) is 84.9 Å². The number of hydrogen-bond donors (Lipinski definition) is 2. The summed E-state index contributed by atoms with van der Waals surface area (Å²) in [5, 5.41) is 12.5. The van der Waals surface area contributed by atoms with Crippen LogP contribution in [-0.2, 0) is 29.1 Å². The third kappa shape index (κ3) is 7.29. The number of fused-ring (bicyclic) bond motifs is 3. The van der Waals surface area contributed by atoms with E-state index in [9.17, 15) is 24.3 Å². The van der Waals surface area contributed by atoms with Crippen molar-refractivity contribution in [2.45, 2.75) is 88.0 Å². The van der Waals surface area contributed by atoms with Crippen molar-refractivity contribution in [1.29, 1.82) is 0 Å². The number of carbonyl (C=O) groups excluding carboxylic acids is 4. The molecule has 0 bridgehead atoms. The fourth-order valence-corrected chi connectivity index (χ4v) is 11.2.